The lowest BCUT2D eigenvalue weighted by Crippen LogP contribution is -2.12. The fourth-order valence-electron chi connectivity index (χ4n) is 4.07. The number of benzene rings is 1. The van der Waals surface area contributed by atoms with Gasteiger partial charge in [-0.25, -0.2) is 0 Å². The molecule has 1 aromatic carbocycles. The lowest BCUT2D eigenvalue weighted by Gasteiger charge is -2.05. The summed E-state index contributed by atoms with van der Waals surface area (Å²) in [5, 5.41) is 1.14. The van der Waals surface area contributed by atoms with Crippen molar-refractivity contribution in [2.24, 2.45) is 0 Å². The predicted octanol–water partition coefficient (Wildman–Crippen LogP) is 7.94. The summed E-state index contributed by atoms with van der Waals surface area (Å²) in [6.45, 7) is 2.28. The Labute approximate surface area is 172 Å². The smallest absolute Gasteiger partial charge is 0.251 e. The maximum atomic E-state index is 12.2. The summed E-state index contributed by atoms with van der Waals surface area (Å²) in [6, 6.07) is 10.1. The van der Waals surface area contributed by atoms with Crippen LogP contribution in [-0.2, 0) is 6.42 Å². The van der Waals surface area contributed by atoms with Gasteiger partial charge in [0, 0.05) is 11.1 Å². The van der Waals surface area contributed by atoms with Crippen molar-refractivity contribution in [3.63, 3.8) is 0 Å². The molecule has 2 aromatic rings. The molecule has 0 saturated heterocycles. The number of para-hydroxylation sites is 1. The van der Waals surface area contributed by atoms with Gasteiger partial charge in [-0.15, -0.1) is 0 Å². The molecule has 156 valence electrons. The molecule has 2 nitrogen and oxygen atoms in total. The number of unbranched alkanes of at least 4 members (excludes halogenated alkanes) is 14. The summed E-state index contributed by atoms with van der Waals surface area (Å²) in [4.78, 5) is 15.2. The quantitative estimate of drug-likeness (QED) is 0.293. The molecule has 0 spiro atoms. The number of aryl methyl sites for hydroxylation is 1. The van der Waals surface area contributed by atoms with Crippen molar-refractivity contribution in [2.45, 2.75) is 110 Å². The first-order valence-corrected chi connectivity index (χ1v) is 11.9. The molecular weight excluding hydrogens is 342 g/mol. The third-order valence-electron chi connectivity index (χ3n) is 5.88. The SMILES string of the molecule is CCCCCCCCCCCCCCCCCc1cc2ccccc2[nH]c1=O. The Morgan fingerprint density at radius 2 is 1.18 bits per heavy atom. The Hall–Kier alpha value is -1.57. The monoisotopic (exact) mass is 383 g/mol. The van der Waals surface area contributed by atoms with E-state index in [1.54, 1.807) is 0 Å². The molecule has 0 aliphatic rings. The van der Waals surface area contributed by atoms with Gasteiger partial charge in [-0.1, -0.05) is 115 Å². The second-order valence-electron chi connectivity index (χ2n) is 8.41. The van der Waals surface area contributed by atoms with Crippen molar-refractivity contribution in [1.82, 2.24) is 4.98 Å². The Balaban J connectivity index is 1.43. The van der Waals surface area contributed by atoms with E-state index in [1.165, 1.54) is 89.9 Å². The van der Waals surface area contributed by atoms with Crippen molar-refractivity contribution in [3.05, 3.63) is 46.2 Å². The summed E-state index contributed by atoms with van der Waals surface area (Å²) >= 11 is 0. The fourth-order valence-corrected chi connectivity index (χ4v) is 4.07. The Morgan fingerprint density at radius 1 is 0.679 bits per heavy atom. The van der Waals surface area contributed by atoms with Crippen LogP contribution < -0.4 is 5.56 Å². The second-order valence-corrected chi connectivity index (χ2v) is 8.41. The average molecular weight is 384 g/mol. The molecule has 0 atom stereocenters. The van der Waals surface area contributed by atoms with Gasteiger partial charge in [-0.05, 0) is 30.4 Å². The number of H-pyrrole nitrogens is 1. The van der Waals surface area contributed by atoms with Gasteiger partial charge in [0.1, 0.15) is 0 Å². The topological polar surface area (TPSA) is 32.9 Å². The third-order valence-corrected chi connectivity index (χ3v) is 5.88. The second kappa shape index (κ2) is 14.4. The van der Waals surface area contributed by atoms with E-state index in [0.717, 1.165) is 29.3 Å². The van der Waals surface area contributed by atoms with Gasteiger partial charge >= 0.3 is 0 Å². The zero-order valence-electron chi connectivity index (χ0n) is 18.1. The van der Waals surface area contributed by atoms with E-state index in [9.17, 15) is 4.79 Å². The number of rotatable bonds is 16. The number of fused-ring (bicyclic) bond motifs is 1. The summed E-state index contributed by atoms with van der Waals surface area (Å²) in [6.07, 6.45) is 21.5. The van der Waals surface area contributed by atoms with Gasteiger partial charge in [0.25, 0.3) is 5.56 Å². The molecule has 0 bridgehead atoms. The standard InChI is InChI=1S/C26H41NO/c1-2-3-4-5-6-7-8-9-10-11-12-13-14-15-16-20-24-22-23-19-17-18-21-25(23)27-26(24)28/h17-19,21-22H,2-16,20H2,1H3,(H,27,28). The maximum Gasteiger partial charge on any atom is 0.251 e. The zero-order chi connectivity index (χ0) is 19.9. The molecule has 1 aromatic heterocycles. The summed E-state index contributed by atoms with van der Waals surface area (Å²) in [5.74, 6) is 0. The minimum Gasteiger partial charge on any atom is -0.322 e. The minimum absolute atomic E-state index is 0.0871. The van der Waals surface area contributed by atoms with Crippen molar-refractivity contribution in [1.29, 1.82) is 0 Å². The number of aromatic nitrogens is 1. The summed E-state index contributed by atoms with van der Waals surface area (Å²) < 4.78 is 0. The highest BCUT2D eigenvalue weighted by Gasteiger charge is 2.02. The Morgan fingerprint density at radius 3 is 1.75 bits per heavy atom. The van der Waals surface area contributed by atoms with Crippen LogP contribution in [0, 0.1) is 0 Å². The molecule has 28 heavy (non-hydrogen) atoms. The molecule has 0 radical (unpaired) electrons. The van der Waals surface area contributed by atoms with Crippen molar-refractivity contribution < 1.29 is 0 Å². The van der Waals surface area contributed by atoms with Gasteiger partial charge in [0.15, 0.2) is 0 Å². The maximum absolute atomic E-state index is 12.2. The van der Waals surface area contributed by atoms with Crippen LogP contribution in [0.25, 0.3) is 10.9 Å². The first-order valence-electron chi connectivity index (χ1n) is 11.9. The molecule has 0 amide bonds. The normalized spacial score (nSPS) is 11.3. The molecule has 2 heteroatoms. The molecule has 1 heterocycles. The van der Waals surface area contributed by atoms with E-state index in [0.29, 0.717) is 0 Å². The van der Waals surface area contributed by atoms with Crippen LogP contribution in [0.4, 0.5) is 0 Å². The molecule has 1 N–H and O–H groups in total. The predicted molar refractivity (Wildman–Crippen MR) is 123 cm³/mol. The van der Waals surface area contributed by atoms with Crippen LogP contribution in [0.5, 0.6) is 0 Å². The van der Waals surface area contributed by atoms with Crippen molar-refractivity contribution in [3.8, 4) is 0 Å². The van der Waals surface area contributed by atoms with E-state index in [2.05, 4.69) is 24.0 Å². The van der Waals surface area contributed by atoms with Crippen LogP contribution in [-0.4, -0.2) is 4.98 Å². The Kier molecular flexibility index (Phi) is 11.7. The highest BCUT2D eigenvalue weighted by Crippen LogP contribution is 2.15. The van der Waals surface area contributed by atoms with Crippen LogP contribution >= 0.6 is 0 Å². The molecule has 0 aliphatic heterocycles. The van der Waals surface area contributed by atoms with Crippen LogP contribution in [0.2, 0.25) is 0 Å². The van der Waals surface area contributed by atoms with Gasteiger partial charge in [-0.3, -0.25) is 4.79 Å². The highest BCUT2D eigenvalue weighted by atomic mass is 16.1. The first-order chi connectivity index (χ1) is 13.8. The molecule has 0 saturated carbocycles. The van der Waals surface area contributed by atoms with Crippen molar-refractivity contribution >= 4 is 10.9 Å². The Bertz CT molecular complexity index is 703. The molecule has 2 rings (SSSR count). The molecule has 0 fully saturated rings. The van der Waals surface area contributed by atoms with E-state index < -0.39 is 0 Å². The molecule has 0 unspecified atom stereocenters. The largest absolute Gasteiger partial charge is 0.322 e. The summed E-state index contributed by atoms with van der Waals surface area (Å²) in [7, 11) is 0. The van der Waals surface area contributed by atoms with Crippen molar-refractivity contribution in [2.75, 3.05) is 0 Å². The lowest BCUT2D eigenvalue weighted by molar-refractivity contribution is 0.532. The number of aromatic amines is 1. The van der Waals surface area contributed by atoms with Crippen LogP contribution in [0.1, 0.15) is 109 Å². The lowest BCUT2D eigenvalue weighted by atomic mass is 10.0. The summed E-state index contributed by atoms with van der Waals surface area (Å²) in [5.41, 5.74) is 1.96. The first kappa shape index (κ1) is 22.7. The van der Waals surface area contributed by atoms with Gasteiger partial charge in [0.2, 0.25) is 0 Å². The van der Waals surface area contributed by atoms with Gasteiger partial charge in [-0.2, -0.15) is 0 Å². The van der Waals surface area contributed by atoms with E-state index in [1.807, 2.05) is 18.2 Å². The fraction of sp³-hybridized carbons (Fsp3) is 0.654. The molecular formula is C26H41NO. The highest BCUT2D eigenvalue weighted by molar-refractivity contribution is 5.78. The van der Waals surface area contributed by atoms with Gasteiger partial charge < -0.3 is 4.98 Å². The van der Waals surface area contributed by atoms with E-state index in [4.69, 9.17) is 0 Å². The number of hydrogen-bond donors (Lipinski definition) is 1. The van der Waals surface area contributed by atoms with Gasteiger partial charge in [0.05, 0.1) is 0 Å². The van der Waals surface area contributed by atoms with Crippen LogP contribution in [0.3, 0.4) is 0 Å². The zero-order valence-corrected chi connectivity index (χ0v) is 18.1. The minimum atomic E-state index is 0.0871. The van der Waals surface area contributed by atoms with E-state index >= 15 is 0 Å². The number of nitrogens with one attached hydrogen (secondary N) is 1. The third kappa shape index (κ3) is 9.08. The number of pyridine rings is 1. The van der Waals surface area contributed by atoms with E-state index in [-0.39, 0.29) is 5.56 Å². The average Bonchev–Trinajstić information content (AvgIpc) is 2.71. The number of hydrogen-bond acceptors (Lipinski definition) is 1. The molecule has 0 aliphatic carbocycles. The van der Waals surface area contributed by atoms with Crippen LogP contribution in [0.15, 0.2) is 35.1 Å².